The first-order valence-corrected chi connectivity index (χ1v) is 11.0. The predicted octanol–water partition coefficient (Wildman–Crippen LogP) is -2.48. The summed E-state index contributed by atoms with van der Waals surface area (Å²) in [5.41, 5.74) is 5.92. The summed E-state index contributed by atoms with van der Waals surface area (Å²) in [5.74, 6) is -7.57. The number of carbonyl (C=O) groups is 6. The summed E-state index contributed by atoms with van der Waals surface area (Å²) in [6.07, 6.45) is -3.49. The highest BCUT2D eigenvalue weighted by atomic mass is 16.4. The number of amides is 3. The molecule has 15 nitrogen and oxygen atoms in total. The zero-order valence-corrected chi connectivity index (χ0v) is 19.8. The van der Waals surface area contributed by atoms with E-state index in [-0.39, 0.29) is 12.2 Å². The first-order chi connectivity index (χ1) is 17.2. The number of hydrogen-bond acceptors (Lipinski definition) is 9. The van der Waals surface area contributed by atoms with Gasteiger partial charge in [0.15, 0.2) is 0 Å². The molecule has 1 aromatic rings. The molecule has 0 aliphatic heterocycles. The average molecular weight is 526 g/mol. The van der Waals surface area contributed by atoms with Gasteiger partial charge in [0.1, 0.15) is 29.9 Å². The van der Waals surface area contributed by atoms with Gasteiger partial charge in [-0.3, -0.25) is 24.0 Å². The third-order valence-electron chi connectivity index (χ3n) is 5.10. The van der Waals surface area contributed by atoms with Gasteiger partial charge in [-0.15, -0.1) is 0 Å². The first kappa shape index (κ1) is 30.8. The van der Waals surface area contributed by atoms with Gasteiger partial charge in [0.05, 0.1) is 12.5 Å². The molecular weight excluding hydrogens is 496 g/mol. The zero-order valence-electron chi connectivity index (χ0n) is 19.8. The number of nitrogens with one attached hydrogen (secondary N) is 3. The quantitative estimate of drug-likeness (QED) is 0.115. The number of aromatic hydroxyl groups is 1. The number of nitrogens with two attached hydrogens (primary N) is 1. The van der Waals surface area contributed by atoms with Crippen LogP contribution in [0.5, 0.6) is 5.75 Å². The number of rotatable bonds is 15. The van der Waals surface area contributed by atoms with Gasteiger partial charge in [0, 0.05) is 12.8 Å². The van der Waals surface area contributed by atoms with Crippen molar-refractivity contribution in [2.45, 2.75) is 62.9 Å². The number of hydrogen-bond donors (Lipinski definition) is 9. The summed E-state index contributed by atoms with van der Waals surface area (Å²) in [4.78, 5) is 71.6. The van der Waals surface area contributed by atoms with Gasteiger partial charge < -0.3 is 47.2 Å². The molecule has 0 aliphatic carbocycles. The molecular formula is C22H30N4O11. The molecule has 5 unspecified atom stereocenters. The van der Waals surface area contributed by atoms with Crippen molar-refractivity contribution >= 4 is 35.6 Å². The molecule has 0 heterocycles. The van der Waals surface area contributed by atoms with E-state index in [1.165, 1.54) is 31.2 Å². The SMILES string of the molecule is CC(O)C(N)C(=O)NC(CC(=O)O)C(=O)NC(Cc1ccc(O)cc1)C(=O)NC(CCC(=O)O)C(=O)O. The largest absolute Gasteiger partial charge is 0.508 e. The van der Waals surface area contributed by atoms with Crippen molar-refractivity contribution in [1.29, 1.82) is 0 Å². The van der Waals surface area contributed by atoms with Crippen molar-refractivity contribution in [3.63, 3.8) is 0 Å². The van der Waals surface area contributed by atoms with Crippen molar-refractivity contribution in [2.75, 3.05) is 0 Å². The molecule has 204 valence electrons. The highest BCUT2D eigenvalue weighted by molar-refractivity contribution is 5.95. The number of benzene rings is 1. The topological polar surface area (TPSA) is 266 Å². The molecule has 0 spiro atoms. The summed E-state index contributed by atoms with van der Waals surface area (Å²) in [6, 6.07) is -0.881. The highest BCUT2D eigenvalue weighted by Crippen LogP contribution is 2.12. The number of aliphatic hydroxyl groups is 1. The molecule has 0 aromatic heterocycles. The average Bonchev–Trinajstić information content (AvgIpc) is 2.80. The van der Waals surface area contributed by atoms with Gasteiger partial charge in [-0.05, 0) is 31.0 Å². The molecule has 0 aliphatic rings. The number of aliphatic carboxylic acids is 3. The van der Waals surface area contributed by atoms with E-state index in [4.69, 9.17) is 15.9 Å². The summed E-state index contributed by atoms with van der Waals surface area (Å²) in [7, 11) is 0. The van der Waals surface area contributed by atoms with Crippen molar-refractivity contribution in [2.24, 2.45) is 5.73 Å². The van der Waals surface area contributed by atoms with Crippen molar-refractivity contribution in [3.8, 4) is 5.75 Å². The minimum atomic E-state index is -1.72. The second kappa shape index (κ2) is 14.4. The van der Waals surface area contributed by atoms with E-state index in [0.29, 0.717) is 5.56 Å². The third-order valence-corrected chi connectivity index (χ3v) is 5.10. The Bertz CT molecular complexity index is 997. The summed E-state index contributed by atoms with van der Waals surface area (Å²) < 4.78 is 0. The summed E-state index contributed by atoms with van der Waals surface area (Å²) in [5, 5.41) is 52.7. The van der Waals surface area contributed by atoms with Crippen LogP contribution in [0.4, 0.5) is 0 Å². The van der Waals surface area contributed by atoms with Crippen LogP contribution in [-0.4, -0.2) is 91.4 Å². The monoisotopic (exact) mass is 526 g/mol. The molecule has 5 atom stereocenters. The van der Waals surface area contributed by atoms with Crippen LogP contribution in [0, 0.1) is 0 Å². The summed E-state index contributed by atoms with van der Waals surface area (Å²) >= 11 is 0. The normalized spacial score (nSPS) is 14.8. The Kier molecular flexibility index (Phi) is 11.9. The molecule has 0 fully saturated rings. The first-order valence-electron chi connectivity index (χ1n) is 11.0. The Hall–Kier alpha value is -4.24. The second-order valence-corrected chi connectivity index (χ2v) is 8.19. The third kappa shape index (κ3) is 10.9. The van der Waals surface area contributed by atoms with E-state index in [2.05, 4.69) is 16.0 Å². The van der Waals surface area contributed by atoms with Crippen LogP contribution in [0.3, 0.4) is 0 Å². The lowest BCUT2D eigenvalue weighted by atomic mass is 10.0. The predicted molar refractivity (Wildman–Crippen MR) is 124 cm³/mol. The molecule has 37 heavy (non-hydrogen) atoms. The molecule has 1 rings (SSSR count). The standard InChI is InChI=1S/C22H30N4O11/c1-10(27)18(23)21(35)26-15(9-17(31)32)20(34)25-14(8-11-2-4-12(28)5-3-11)19(33)24-13(22(36)37)6-7-16(29)30/h2-5,10,13-15,18,27-28H,6-9,23H2,1H3,(H,24,33)(H,25,34)(H,26,35)(H,29,30)(H,31,32)(H,36,37). The fraction of sp³-hybridized carbons (Fsp3) is 0.455. The molecule has 0 radical (unpaired) electrons. The molecule has 0 saturated heterocycles. The van der Waals surface area contributed by atoms with Crippen LogP contribution in [0.15, 0.2) is 24.3 Å². The van der Waals surface area contributed by atoms with Gasteiger partial charge in [0.2, 0.25) is 17.7 Å². The molecule has 0 bridgehead atoms. The number of aliphatic hydroxyl groups excluding tert-OH is 1. The Balaban J connectivity index is 3.18. The van der Waals surface area contributed by atoms with Crippen LogP contribution >= 0.6 is 0 Å². The number of carbonyl (C=O) groups excluding carboxylic acids is 3. The fourth-order valence-electron chi connectivity index (χ4n) is 3.02. The maximum Gasteiger partial charge on any atom is 0.326 e. The lowest BCUT2D eigenvalue weighted by Crippen LogP contribution is -2.58. The highest BCUT2D eigenvalue weighted by Gasteiger charge is 2.32. The van der Waals surface area contributed by atoms with Crippen LogP contribution in [0.2, 0.25) is 0 Å². The van der Waals surface area contributed by atoms with Crippen LogP contribution in [-0.2, 0) is 35.2 Å². The van der Waals surface area contributed by atoms with E-state index in [0.717, 1.165) is 0 Å². The fourth-order valence-corrected chi connectivity index (χ4v) is 3.02. The van der Waals surface area contributed by atoms with Gasteiger partial charge in [-0.1, -0.05) is 12.1 Å². The molecule has 15 heteroatoms. The van der Waals surface area contributed by atoms with Crippen molar-refractivity contribution in [3.05, 3.63) is 29.8 Å². The Morgan fingerprint density at radius 1 is 0.811 bits per heavy atom. The smallest absolute Gasteiger partial charge is 0.326 e. The van der Waals surface area contributed by atoms with E-state index in [1.807, 2.05) is 0 Å². The van der Waals surface area contributed by atoms with Gasteiger partial charge in [0.25, 0.3) is 0 Å². The molecule has 0 saturated carbocycles. The minimum Gasteiger partial charge on any atom is -0.508 e. The van der Waals surface area contributed by atoms with Gasteiger partial charge in [-0.25, -0.2) is 4.79 Å². The van der Waals surface area contributed by atoms with E-state index in [9.17, 15) is 44.1 Å². The van der Waals surface area contributed by atoms with Gasteiger partial charge >= 0.3 is 17.9 Å². The van der Waals surface area contributed by atoms with Crippen molar-refractivity contribution < 1.29 is 54.3 Å². The summed E-state index contributed by atoms with van der Waals surface area (Å²) in [6.45, 7) is 1.21. The molecule has 10 N–H and O–H groups in total. The lowest BCUT2D eigenvalue weighted by molar-refractivity contribution is -0.144. The minimum absolute atomic E-state index is 0.0907. The lowest BCUT2D eigenvalue weighted by Gasteiger charge is -2.25. The Labute approximate surface area is 210 Å². The Morgan fingerprint density at radius 2 is 1.32 bits per heavy atom. The number of phenolic OH excluding ortho intramolecular Hbond substituents is 1. The second-order valence-electron chi connectivity index (χ2n) is 8.19. The van der Waals surface area contributed by atoms with Crippen LogP contribution in [0.1, 0.15) is 31.7 Å². The van der Waals surface area contributed by atoms with E-state index < -0.39 is 85.2 Å². The number of phenols is 1. The van der Waals surface area contributed by atoms with E-state index in [1.54, 1.807) is 0 Å². The van der Waals surface area contributed by atoms with E-state index >= 15 is 0 Å². The zero-order chi connectivity index (χ0) is 28.3. The maximum absolute atomic E-state index is 12.9. The Morgan fingerprint density at radius 3 is 1.81 bits per heavy atom. The molecule has 1 aromatic carbocycles. The van der Waals surface area contributed by atoms with Gasteiger partial charge in [-0.2, -0.15) is 0 Å². The molecule has 3 amide bonds. The number of carboxylic acids is 3. The van der Waals surface area contributed by atoms with Crippen LogP contribution in [0.25, 0.3) is 0 Å². The maximum atomic E-state index is 12.9. The number of carboxylic acid groups (broad SMARTS) is 3. The van der Waals surface area contributed by atoms with Crippen LogP contribution < -0.4 is 21.7 Å². The van der Waals surface area contributed by atoms with Crippen molar-refractivity contribution in [1.82, 2.24) is 16.0 Å².